The number of amides is 2. The number of hydrogen-bond acceptors (Lipinski definition) is 3. The second kappa shape index (κ2) is 5.44. The number of urea groups is 1. The first-order valence-corrected chi connectivity index (χ1v) is 7.32. The highest BCUT2D eigenvalue weighted by atomic mass is 35.5. The number of nitrogens with zero attached hydrogens (tertiary/aromatic N) is 1. The number of aliphatic hydroxyl groups excluding tert-OH is 1. The van der Waals surface area contributed by atoms with E-state index in [2.05, 4.69) is 10.6 Å². The number of carbonyl (C=O) groups excluding carboxylic acids is 1. The SMILES string of the molecule is O=C1NC2(CCNCC2)C(O)N1Cc1c(F)cccc1Cl. The average molecular weight is 314 g/mol. The molecule has 3 rings (SSSR count). The normalized spacial score (nSPS) is 24.4. The van der Waals surface area contributed by atoms with Gasteiger partial charge in [-0.05, 0) is 38.1 Å². The Balaban J connectivity index is 1.84. The first-order valence-electron chi connectivity index (χ1n) is 6.94. The third-order valence-electron chi connectivity index (χ3n) is 4.29. The maximum atomic E-state index is 13.9. The molecule has 1 atom stereocenters. The molecule has 2 aliphatic rings. The zero-order valence-electron chi connectivity index (χ0n) is 11.4. The van der Waals surface area contributed by atoms with Gasteiger partial charge in [-0.3, -0.25) is 4.90 Å². The molecular weight excluding hydrogens is 297 g/mol. The summed E-state index contributed by atoms with van der Waals surface area (Å²) in [5.41, 5.74) is -0.431. The summed E-state index contributed by atoms with van der Waals surface area (Å²) in [6.07, 6.45) is 0.297. The molecule has 2 heterocycles. The van der Waals surface area contributed by atoms with Crippen molar-refractivity contribution in [2.45, 2.75) is 31.2 Å². The Hall–Kier alpha value is -1.37. The van der Waals surface area contributed by atoms with Crippen LogP contribution in [0.3, 0.4) is 0 Å². The van der Waals surface area contributed by atoms with Crippen molar-refractivity contribution in [1.82, 2.24) is 15.5 Å². The van der Waals surface area contributed by atoms with Crippen molar-refractivity contribution < 1.29 is 14.3 Å². The van der Waals surface area contributed by atoms with Gasteiger partial charge in [0.25, 0.3) is 0 Å². The molecule has 21 heavy (non-hydrogen) atoms. The molecule has 0 aromatic heterocycles. The number of carbonyl (C=O) groups is 1. The minimum Gasteiger partial charge on any atom is -0.371 e. The van der Waals surface area contributed by atoms with Crippen molar-refractivity contribution in [1.29, 1.82) is 0 Å². The van der Waals surface area contributed by atoms with Crippen LogP contribution in [0.5, 0.6) is 0 Å². The molecule has 2 fully saturated rings. The lowest BCUT2D eigenvalue weighted by molar-refractivity contribution is -0.0138. The van der Waals surface area contributed by atoms with Crippen LogP contribution < -0.4 is 10.6 Å². The molecule has 2 saturated heterocycles. The Morgan fingerprint density at radius 2 is 2.14 bits per heavy atom. The molecule has 1 unspecified atom stereocenters. The second-order valence-corrected chi connectivity index (χ2v) is 5.95. The van der Waals surface area contributed by atoms with Gasteiger partial charge in [0.05, 0.1) is 12.1 Å². The predicted octanol–water partition coefficient (Wildman–Crippen LogP) is 1.44. The van der Waals surface area contributed by atoms with Crippen molar-refractivity contribution in [2.24, 2.45) is 0 Å². The van der Waals surface area contributed by atoms with Crippen molar-refractivity contribution in [3.05, 3.63) is 34.6 Å². The van der Waals surface area contributed by atoms with E-state index in [1.54, 1.807) is 6.07 Å². The van der Waals surface area contributed by atoms with Crippen molar-refractivity contribution in [3.8, 4) is 0 Å². The van der Waals surface area contributed by atoms with Crippen LogP contribution >= 0.6 is 11.6 Å². The molecule has 3 N–H and O–H groups in total. The van der Waals surface area contributed by atoms with E-state index in [-0.39, 0.29) is 23.2 Å². The van der Waals surface area contributed by atoms with Crippen LogP contribution in [0, 0.1) is 5.82 Å². The van der Waals surface area contributed by atoms with Crippen LogP contribution in [-0.2, 0) is 6.54 Å². The minimum absolute atomic E-state index is 0.0479. The van der Waals surface area contributed by atoms with Crippen LogP contribution in [0.15, 0.2) is 18.2 Å². The Morgan fingerprint density at radius 1 is 1.43 bits per heavy atom. The number of piperidine rings is 1. The number of nitrogens with one attached hydrogen (secondary N) is 2. The third kappa shape index (κ3) is 2.47. The molecule has 0 aliphatic carbocycles. The van der Waals surface area contributed by atoms with E-state index in [9.17, 15) is 14.3 Å². The van der Waals surface area contributed by atoms with E-state index in [4.69, 9.17) is 11.6 Å². The number of halogens is 2. The molecule has 114 valence electrons. The van der Waals surface area contributed by atoms with Crippen LogP contribution in [0.4, 0.5) is 9.18 Å². The second-order valence-electron chi connectivity index (χ2n) is 5.54. The Bertz CT molecular complexity index is 543. The summed E-state index contributed by atoms with van der Waals surface area (Å²) in [7, 11) is 0. The summed E-state index contributed by atoms with van der Waals surface area (Å²) < 4.78 is 13.9. The van der Waals surface area contributed by atoms with Crippen LogP contribution in [0.1, 0.15) is 18.4 Å². The molecule has 1 spiro atoms. The summed E-state index contributed by atoms with van der Waals surface area (Å²) in [4.78, 5) is 13.4. The fraction of sp³-hybridized carbons (Fsp3) is 0.500. The maximum absolute atomic E-state index is 13.9. The largest absolute Gasteiger partial charge is 0.371 e. The molecule has 1 aromatic carbocycles. The molecule has 7 heteroatoms. The quantitative estimate of drug-likeness (QED) is 0.774. The molecule has 1 aromatic rings. The molecule has 0 bridgehead atoms. The Morgan fingerprint density at radius 3 is 2.81 bits per heavy atom. The number of benzene rings is 1. The zero-order valence-corrected chi connectivity index (χ0v) is 12.2. The van der Waals surface area contributed by atoms with E-state index < -0.39 is 17.6 Å². The molecule has 0 radical (unpaired) electrons. The first kappa shape index (κ1) is 14.6. The lowest BCUT2D eigenvalue weighted by Gasteiger charge is -2.36. The smallest absolute Gasteiger partial charge is 0.320 e. The van der Waals surface area contributed by atoms with Crippen molar-refractivity contribution >= 4 is 17.6 Å². The lowest BCUT2D eigenvalue weighted by atomic mass is 9.87. The van der Waals surface area contributed by atoms with Crippen molar-refractivity contribution in [3.63, 3.8) is 0 Å². The van der Waals surface area contributed by atoms with Gasteiger partial charge in [0, 0.05) is 10.6 Å². The number of rotatable bonds is 2. The van der Waals surface area contributed by atoms with Crippen LogP contribution in [-0.4, -0.2) is 40.9 Å². The van der Waals surface area contributed by atoms with Gasteiger partial charge in [-0.15, -0.1) is 0 Å². The Kier molecular flexibility index (Phi) is 3.77. The molecule has 0 saturated carbocycles. The minimum atomic E-state index is -0.984. The topological polar surface area (TPSA) is 64.6 Å². The molecule has 5 nitrogen and oxygen atoms in total. The van der Waals surface area contributed by atoms with Crippen LogP contribution in [0.25, 0.3) is 0 Å². The van der Waals surface area contributed by atoms with Crippen LogP contribution in [0.2, 0.25) is 5.02 Å². The lowest BCUT2D eigenvalue weighted by Crippen LogP contribution is -2.56. The van der Waals surface area contributed by atoms with Gasteiger partial charge in [-0.2, -0.15) is 0 Å². The van der Waals surface area contributed by atoms with Gasteiger partial charge in [0.2, 0.25) is 0 Å². The summed E-state index contributed by atoms with van der Waals surface area (Å²) >= 11 is 5.99. The van der Waals surface area contributed by atoms with Gasteiger partial charge in [-0.25, -0.2) is 9.18 Å². The highest BCUT2D eigenvalue weighted by molar-refractivity contribution is 6.31. The summed E-state index contributed by atoms with van der Waals surface area (Å²) in [6, 6.07) is 3.99. The fourth-order valence-electron chi connectivity index (χ4n) is 3.03. The monoisotopic (exact) mass is 313 g/mol. The van der Waals surface area contributed by atoms with E-state index in [0.717, 1.165) is 13.1 Å². The first-order chi connectivity index (χ1) is 10.0. The van der Waals surface area contributed by atoms with E-state index >= 15 is 0 Å². The number of aliphatic hydroxyl groups is 1. The van der Waals surface area contributed by atoms with Gasteiger partial charge in [0.1, 0.15) is 5.82 Å². The molecular formula is C14H17ClFN3O2. The summed E-state index contributed by atoms with van der Waals surface area (Å²) in [5.74, 6) is -0.478. The molecule has 2 amide bonds. The predicted molar refractivity (Wildman–Crippen MR) is 76.3 cm³/mol. The average Bonchev–Trinajstić information content (AvgIpc) is 2.67. The van der Waals surface area contributed by atoms with Crippen molar-refractivity contribution in [2.75, 3.05) is 13.1 Å². The summed E-state index contributed by atoms with van der Waals surface area (Å²) in [6.45, 7) is 1.41. The maximum Gasteiger partial charge on any atom is 0.320 e. The highest BCUT2D eigenvalue weighted by Crippen LogP contribution is 2.32. The van der Waals surface area contributed by atoms with Gasteiger partial charge in [-0.1, -0.05) is 17.7 Å². The fourth-order valence-corrected chi connectivity index (χ4v) is 3.25. The van der Waals surface area contributed by atoms with E-state index in [1.165, 1.54) is 17.0 Å². The van der Waals surface area contributed by atoms with Gasteiger partial charge < -0.3 is 15.7 Å². The Labute approximate surface area is 127 Å². The highest BCUT2D eigenvalue weighted by Gasteiger charge is 2.51. The zero-order chi connectivity index (χ0) is 15.0. The number of hydrogen-bond donors (Lipinski definition) is 3. The van der Waals surface area contributed by atoms with E-state index in [1.807, 2.05) is 0 Å². The standard InChI is InChI=1S/C14H17ClFN3O2/c15-10-2-1-3-11(16)9(10)8-19-12(20)14(18-13(19)21)4-6-17-7-5-14/h1-3,12,17,20H,4-8H2,(H,18,21). The van der Waals surface area contributed by atoms with E-state index in [0.29, 0.717) is 12.8 Å². The van der Waals surface area contributed by atoms with Gasteiger partial charge >= 0.3 is 6.03 Å². The summed E-state index contributed by atoms with van der Waals surface area (Å²) in [5, 5.41) is 16.8. The third-order valence-corrected chi connectivity index (χ3v) is 4.65. The van der Waals surface area contributed by atoms with Gasteiger partial charge in [0.15, 0.2) is 6.23 Å². The molecule has 2 aliphatic heterocycles.